The van der Waals surface area contributed by atoms with Gasteiger partial charge in [0.1, 0.15) is 5.75 Å². The van der Waals surface area contributed by atoms with Crippen LogP contribution in [-0.4, -0.2) is 51.8 Å². The predicted octanol–water partition coefficient (Wildman–Crippen LogP) is 3.82. The highest BCUT2D eigenvalue weighted by Gasteiger charge is 2.07. The average Bonchev–Trinajstić information content (AvgIpc) is 2.78. The minimum atomic E-state index is -0.0765. The van der Waals surface area contributed by atoms with E-state index >= 15 is 0 Å². The molecule has 2 aromatic rings. The van der Waals surface area contributed by atoms with E-state index in [4.69, 9.17) is 9.47 Å². The summed E-state index contributed by atoms with van der Waals surface area (Å²) in [5.41, 5.74) is 3.91. The zero-order chi connectivity index (χ0) is 23.2. The number of carbonyl (C=O) groups is 1. The Morgan fingerprint density at radius 1 is 0.970 bits per heavy atom. The summed E-state index contributed by atoms with van der Waals surface area (Å²) in [7, 11) is 1.69. The van der Waals surface area contributed by atoms with Crippen molar-refractivity contribution in [3.63, 3.8) is 0 Å². The van der Waals surface area contributed by atoms with Gasteiger partial charge in [0.15, 0.2) is 5.96 Å². The maximum Gasteiger partial charge on any atom is 0.251 e. The number of methoxy groups -OCH3 is 1. The molecule has 0 saturated heterocycles. The van der Waals surface area contributed by atoms with Gasteiger partial charge < -0.3 is 25.4 Å². The first-order valence-electron chi connectivity index (χ1n) is 11.1. The van der Waals surface area contributed by atoms with Gasteiger partial charge in [-0.15, -0.1) is 24.0 Å². The van der Waals surface area contributed by atoms with E-state index in [-0.39, 0.29) is 29.9 Å². The van der Waals surface area contributed by atoms with Gasteiger partial charge in [0, 0.05) is 50.9 Å². The molecule has 8 heteroatoms. The van der Waals surface area contributed by atoms with Crippen LogP contribution in [-0.2, 0) is 11.3 Å². The molecule has 0 atom stereocenters. The van der Waals surface area contributed by atoms with Gasteiger partial charge in [0.05, 0.1) is 13.2 Å². The molecule has 0 aromatic heterocycles. The fourth-order valence-corrected chi connectivity index (χ4v) is 3.06. The van der Waals surface area contributed by atoms with Crippen molar-refractivity contribution in [2.45, 2.75) is 33.7 Å². The molecular formula is C25H37IN4O3. The van der Waals surface area contributed by atoms with Crippen LogP contribution in [0.4, 0.5) is 0 Å². The number of aryl methyl sites for hydroxylation is 2. The van der Waals surface area contributed by atoms with Gasteiger partial charge in [-0.05, 0) is 44.5 Å². The number of benzene rings is 2. The van der Waals surface area contributed by atoms with Crippen LogP contribution in [0.3, 0.4) is 0 Å². The molecule has 182 valence electrons. The van der Waals surface area contributed by atoms with Crippen LogP contribution >= 0.6 is 24.0 Å². The molecule has 3 N–H and O–H groups in total. The van der Waals surface area contributed by atoms with Crippen LogP contribution in [0.1, 0.15) is 40.4 Å². The molecule has 0 aliphatic heterocycles. The van der Waals surface area contributed by atoms with Crippen molar-refractivity contribution in [1.82, 2.24) is 16.0 Å². The van der Waals surface area contributed by atoms with Crippen molar-refractivity contribution < 1.29 is 14.3 Å². The lowest BCUT2D eigenvalue weighted by molar-refractivity contribution is 0.0954. The second-order valence-electron chi connectivity index (χ2n) is 7.55. The lowest BCUT2D eigenvalue weighted by Crippen LogP contribution is -2.41. The molecule has 0 saturated carbocycles. The summed E-state index contributed by atoms with van der Waals surface area (Å²) in [4.78, 5) is 16.9. The number of hydrogen-bond donors (Lipinski definition) is 3. The van der Waals surface area contributed by atoms with Gasteiger partial charge >= 0.3 is 0 Å². The zero-order valence-electron chi connectivity index (χ0n) is 20.1. The Morgan fingerprint density at radius 2 is 1.73 bits per heavy atom. The number of guanidine groups is 1. The number of halogens is 1. The second kappa shape index (κ2) is 16.3. The smallest absolute Gasteiger partial charge is 0.251 e. The summed E-state index contributed by atoms with van der Waals surface area (Å²) in [6, 6.07) is 13.7. The van der Waals surface area contributed by atoms with Gasteiger partial charge in [0.2, 0.25) is 0 Å². The average molecular weight is 569 g/mol. The Labute approximate surface area is 214 Å². The van der Waals surface area contributed by atoms with Gasteiger partial charge in [-0.1, -0.05) is 29.8 Å². The number of aliphatic imine (C=N–C) groups is 1. The third-order valence-corrected chi connectivity index (χ3v) is 4.71. The van der Waals surface area contributed by atoms with Crippen molar-refractivity contribution >= 4 is 35.8 Å². The minimum absolute atomic E-state index is 0. The predicted molar refractivity (Wildman–Crippen MR) is 145 cm³/mol. The SMILES string of the molecule is CCNC(=NCc1ccc(C)cc1OCCCOC)NCCNC(=O)c1cccc(C)c1.I. The van der Waals surface area contributed by atoms with Crippen LogP contribution in [0, 0.1) is 13.8 Å². The standard InChI is InChI=1S/C25H36N4O3.HI/c1-5-26-25(28-13-12-27-24(30)21-9-6-8-19(2)16-21)29-18-22-11-10-20(3)17-23(22)32-15-7-14-31-4;/h6,8-11,16-17H,5,7,12-15,18H2,1-4H3,(H,27,30)(H2,26,28,29);1H. The van der Waals surface area contributed by atoms with E-state index in [0.717, 1.165) is 35.4 Å². The maximum absolute atomic E-state index is 12.3. The molecule has 0 fully saturated rings. The van der Waals surface area contributed by atoms with E-state index in [1.807, 2.05) is 51.1 Å². The van der Waals surface area contributed by atoms with Gasteiger partial charge in [-0.3, -0.25) is 4.79 Å². The second-order valence-corrected chi connectivity index (χ2v) is 7.55. The number of ether oxygens (including phenoxy) is 2. The quantitative estimate of drug-likeness (QED) is 0.157. The highest BCUT2D eigenvalue weighted by atomic mass is 127. The highest BCUT2D eigenvalue weighted by molar-refractivity contribution is 14.0. The number of nitrogens with one attached hydrogen (secondary N) is 3. The topological polar surface area (TPSA) is 84.0 Å². The summed E-state index contributed by atoms with van der Waals surface area (Å²) in [6.45, 7) is 9.62. The largest absolute Gasteiger partial charge is 0.493 e. The van der Waals surface area contributed by atoms with E-state index in [9.17, 15) is 4.79 Å². The molecule has 0 radical (unpaired) electrons. The molecule has 2 aromatic carbocycles. The Morgan fingerprint density at radius 3 is 2.45 bits per heavy atom. The van der Waals surface area contributed by atoms with E-state index in [1.54, 1.807) is 7.11 Å². The first-order chi connectivity index (χ1) is 15.5. The van der Waals surface area contributed by atoms with Crippen LogP contribution < -0.4 is 20.7 Å². The number of hydrogen-bond acceptors (Lipinski definition) is 4. The summed E-state index contributed by atoms with van der Waals surface area (Å²) in [5.74, 6) is 1.47. The lowest BCUT2D eigenvalue weighted by atomic mass is 10.1. The molecule has 1 amide bonds. The van der Waals surface area contributed by atoms with Crippen molar-refractivity contribution in [2.24, 2.45) is 4.99 Å². The fourth-order valence-electron chi connectivity index (χ4n) is 3.06. The van der Waals surface area contributed by atoms with Gasteiger partial charge in [-0.2, -0.15) is 0 Å². The lowest BCUT2D eigenvalue weighted by Gasteiger charge is -2.14. The summed E-state index contributed by atoms with van der Waals surface area (Å²) in [6.07, 6.45) is 0.839. The Kier molecular flexibility index (Phi) is 14.2. The molecule has 7 nitrogen and oxygen atoms in total. The first kappa shape index (κ1) is 28.7. The molecular weight excluding hydrogens is 531 g/mol. The van der Waals surface area contributed by atoms with E-state index in [2.05, 4.69) is 33.1 Å². The fraction of sp³-hybridized carbons (Fsp3) is 0.440. The number of rotatable bonds is 12. The number of carbonyl (C=O) groups excluding carboxylic acids is 1. The minimum Gasteiger partial charge on any atom is -0.493 e. The van der Waals surface area contributed by atoms with Crippen LogP contribution in [0.5, 0.6) is 5.75 Å². The van der Waals surface area contributed by atoms with E-state index in [1.165, 1.54) is 0 Å². The Balaban J connectivity index is 0.00000544. The van der Waals surface area contributed by atoms with Crippen molar-refractivity contribution in [2.75, 3.05) is 40.0 Å². The third kappa shape index (κ3) is 10.9. The Hall–Kier alpha value is -2.33. The van der Waals surface area contributed by atoms with E-state index in [0.29, 0.717) is 44.4 Å². The first-order valence-corrected chi connectivity index (χ1v) is 11.1. The zero-order valence-corrected chi connectivity index (χ0v) is 22.4. The van der Waals surface area contributed by atoms with Crippen molar-refractivity contribution in [3.05, 3.63) is 64.7 Å². The number of nitrogens with zero attached hydrogens (tertiary/aromatic N) is 1. The van der Waals surface area contributed by atoms with Gasteiger partial charge in [-0.25, -0.2) is 4.99 Å². The normalized spacial score (nSPS) is 10.8. The van der Waals surface area contributed by atoms with E-state index < -0.39 is 0 Å². The monoisotopic (exact) mass is 568 g/mol. The molecule has 2 rings (SSSR count). The molecule has 0 aliphatic rings. The molecule has 0 unspecified atom stereocenters. The number of amides is 1. The summed E-state index contributed by atoms with van der Waals surface area (Å²) < 4.78 is 11.0. The molecule has 0 aliphatic carbocycles. The molecule has 0 spiro atoms. The highest BCUT2D eigenvalue weighted by Crippen LogP contribution is 2.21. The molecule has 0 bridgehead atoms. The molecule has 33 heavy (non-hydrogen) atoms. The van der Waals surface area contributed by atoms with Crippen molar-refractivity contribution in [1.29, 1.82) is 0 Å². The van der Waals surface area contributed by atoms with Crippen LogP contribution in [0.25, 0.3) is 0 Å². The van der Waals surface area contributed by atoms with Crippen LogP contribution in [0.2, 0.25) is 0 Å². The van der Waals surface area contributed by atoms with Crippen molar-refractivity contribution in [3.8, 4) is 5.75 Å². The Bertz CT molecular complexity index is 890. The molecule has 0 heterocycles. The summed E-state index contributed by atoms with van der Waals surface area (Å²) in [5, 5.41) is 9.44. The third-order valence-electron chi connectivity index (χ3n) is 4.71. The maximum atomic E-state index is 12.3. The van der Waals surface area contributed by atoms with Crippen LogP contribution in [0.15, 0.2) is 47.5 Å². The van der Waals surface area contributed by atoms with Gasteiger partial charge in [0.25, 0.3) is 5.91 Å². The summed E-state index contributed by atoms with van der Waals surface area (Å²) >= 11 is 0.